The number of aromatic nitrogens is 3. The molecule has 0 aliphatic carbocycles. The fourth-order valence-corrected chi connectivity index (χ4v) is 1.36. The van der Waals surface area contributed by atoms with Crippen LogP contribution in [-0.4, -0.2) is 51.1 Å². The summed E-state index contributed by atoms with van der Waals surface area (Å²) in [5, 5.41) is 23.4. The molecule has 0 aliphatic heterocycles. The topological polar surface area (TPSA) is 138 Å². The molecule has 0 unspecified atom stereocenters. The summed E-state index contributed by atoms with van der Waals surface area (Å²) in [6, 6.07) is -0.519. The van der Waals surface area contributed by atoms with Crippen molar-refractivity contribution in [3.63, 3.8) is 0 Å². The summed E-state index contributed by atoms with van der Waals surface area (Å²) in [6.45, 7) is 2.17. The molecule has 0 radical (unpaired) electrons. The van der Waals surface area contributed by atoms with Crippen LogP contribution in [0.2, 0.25) is 0 Å². The van der Waals surface area contributed by atoms with E-state index < -0.39 is 12.0 Å². The highest BCUT2D eigenvalue weighted by Crippen LogP contribution is 1.92. The highest BCUT2D eigenvalue weighted by Gasteiger charge is 2.07. The smallest absolute Gasteiger partial charge is 0.325 e. The number of hydrogen-bond acceptors (Lipinski definition) is 5. The maximum absolute atomic E-state index is 11.4. The van der Waals surface area contributed by atoms with Crippen molar-refractivity contribution < 1.29 is 19.5 Å². The largest absolute Gasteiger partial charge is 0.480 e. The summed E-state index contributed by atoms with van der Waals surface area (Å²) < 4.78 is 1.15. The Hall–Kier alpha value is -2.65. The number of carboxylic acids is 1. The second kappa shape index (κ2) is 8.51. The summed E-state index contributed by atoms with van der Waals surface area (Å²) in [5.74, 6) is -1.30. The van der Waals surface area contributed by atoms with Crippen molar-refractivity contribution in [2.45, 2.75) is 26.4 Å². The SMILES string of the molecule is CCCNC(=O)CNC(=O)NCc1cn(CC(=O)O)nn1. The number of urea groups is 1. The number of carboxylic acid groups (broad SMARTS) is 1. The van der Waals surface area contributed by atoms with Gasteiger partial charge in [0.15, 0.2) is 0 Å². The number of rotatable bonds is 8. The number of carbonyl (C=O) groups is 3. The van der Waals surface area contributed by atoms with Crippen molar-refractivity contribution in [3.05, 3.63) is 11.9 Å². The Labute approximate surface area is 120 Å². The van der Waals surface area contributed by atoms with Gasteiger partial charge in [0.1, 0.15) is 12.2 Å². The molecule has 3 amide bonds. The Bertz CT molecular complexity index is 501. The third kappa shape index (κ3) is 6.89. The summed E-state index contributed by atoms with van der Waals surface area (Å²) in [5.41, 5.74) is 0.418. The molecule has 0 atom stereocenters. The van der Waals surface area contributed by atoms with E-state index in [0.29, 0.717) is 12.2 Å². The molecule has 0 fully saturated rings. The fourth-order valence-electron chi connectivity index (χ4n) is 1.36. The van der Waals surface area contributed by atoms with Crippen molar-refractivity contribution >= 4 is 17.9 Å². The maximum atomic E-state index is 11.4. The van der Waals surface area contributed by atoms with Gasteiger partial charge in [0.05, 0.1) is 19.3 Å². The van der Waals surface area contributed by atoms with Gasteiger partial charge in [-0.2, -0.15) is 0 Å². The number of nitrogens with zero attached hydrogens (tertiary/aromatic N) is 3. The van der Waals surface area contributed by atoms with Gasteiger partial charge in [-0.25, -0.2) is 9.48 Å². The highest BCUT2D eigenvalue weighted by molar-refractivity contribution is 5.83. The van der Waals surface area contributed by atoms with E-state index in [0.717, 1.165) is 11.1 Å². The molecule has 0 spiro atoms. The molecular weight excluding hydrogens is 280 g/mol. The van der Waals surface area contributed by atoms with E-state index in [2.05, 4.69) is 26.3 Å². The van der Waals surface area contributed by atoms with Crippen LogP contribution >= 0.6 is 0 Å². The number of carbonyl (C=O) groups excluding carboxylic acids is 2. The number of nitrogens with one attached hydrogen (secondary N) is 3. The number of amides is 3. The summed E-state index contributed by atoms with van der Waals surface area (Å²) in [7, 11) is 0. The second-order valence-corrected chi connectivity index (χ2v) is 4.19. The van der Waals surface area contributed by atoms with Gasteiger partial charge < -0.3 is 21.1 Å². The highest BCUT2D eigenvalue weighted by atomic mass is 16.4. The van der Waals surface area contributed by atoms with E-state index in [1.807, 2.05) is 6.92 Å². The molecule has 10 nitrogen and oxygen atoms in total. The van der Waals surface area contributed by atoms with E-state index >= 15 is 0 Å². The minimum absolute atomic E-state index is 0.0853. The summed E-state index contributed by atoms with van der Waals surface area (Å²) in [4.78, 5) is 33.1. The zero-order chi connectivity index (χ0) is 15.7. The first-order valence-electron chi connectivity index (χ1n) is 6.40. The standard InChI is InChI=1S/C11H18N6O4/c1-2-3-12-9(18)5-14-11(21)13-4-8-6-17(16-15-8)7-10(19)20/h6H,2-5,7H2,1H3,(H,12,18)(H,19,20)(H2,13,14,21). The molecule has 0 bridgehead atoms. The molecule has 116 valence electrons. The third-order valence-electron chi connectivity index (χ3n) is 2.30. The van der Waals surface area contributed by atoms with Gasteiger partial charge in [-0.05, 0) is 6.42 Å². The molecule has 10 heteroatoms. The molecule has 0 saturated heterocycles. The minimum atomic E-state index is -1.03. The zero-order valence-corrected chi connectivity index (χ0v) is 11.6. The first kappa shape index (κ1) is 16.4. The summed E-state index contributed by atoms with van der Waals surface area (Å²) >= 11 is 0. The summed E-state index contributed by atoms with van der Waals surface area (Å²) in [6.07, 6.45) is 2.24. The van der Waals surface area contributed by atoms with Gasteiger partial charge in [0, 0.05) is 6.54 Å². The monoisotopic (exact) mass is 298 g/mol. The fraction of sp³-hybridized carbons (Fsp3) is 0.545. The van der Waals surface area contributed by atoms with Crippen LogP contribution in [0.3, 0.4) is 0 Å². The molecule has 1 heterocycles. The van der Waals surface area contributed by atoms with Crippen LogP contribution in [0.5, 0.6) is 0 Å². The van der Waals surface area contributed by atoms with Gasteiger partial charge in [-0.3, -0.25) is 9.59 Å². The van der Waals surface area contributed by atoms with Crippen LogP contribution in [0, 0.1) is 0 Å². The Morgan fingerprint density at radius 3 is 2.71 bits per heavy atom. The first-order chi connectivity index (χ1) is 10.0. The molecule has 0 aromatic carbocycles. The van der Waals surface area contributed by atoms with Crippen molar-refractivity contribution in [2.24, 2.45) is 0 Å². The van der Waals surface area contributed by atoms with E-state index in [4.69, 9.17) is 5.11 Å². The van der Waals surface area contributed by atoms with Gasteiger partial charge in [0.2, 0.25) is 5.91 Å². The van der Waals surface area contributed by atoms with E-state index in [9.17, 15) is 14.4 Å². The van der Waals surface area contributed by atoms with Crippen molar-refractivity contribution in [3.8, 4) is 0 Å². The van der Waals surface area contributed by atoms with Gasteiger partial charge >= 0.3 is 12.0 Å². The lowest BCUT2D eigenvalue weighted by molar-refractivity contribution is -0.137. The second-order valence-electron chi connectivity index (χ2n) is 4.19. The lowest BCUT2D eigenvalue weighted by Gasteiger charge is -2.06. The molecule has 4 N–H and O–H groups in total. The Morgan fingerprint density at radius 2 is 2.05 bits per heavy atom. The van der Waals surface area contributed by atoms with E-state index in [1.165, 1.54) is 6.20 Å². The van der Waals surface area contributed by atoms with Gasteiger partial charge in [-0.15, -0.1) is 5.10 Å². The van der Waals surface area contributed by atoms with Crippen LogP contribution < -0.4 is 16.0 Å². The first-order valence-corrected chi connectivity index (χ1v) is 6.40. The predicted molar refractivity (Wildman–Crippen MR) is 71.2 cm³/mol. The average Bonchev–Trinajstić information content (AvgIpc) is 2.87. The molecule has 1 rings (SSSR count). The quantitative estimate of drug-likeness (QED) is 0.470. The molecular formula is C11H18N6O4. The normalized spacial score (nSPS) is 9.95. The molecule has 21 heavy (non-hydrogen) atoms. The third-order valence-corrected chi connectivity index (χ3v) is 2.30. The van der Waals surface area contributed by atoms with Crippen LogP contribution in [0.4, 0.5) is 4.79 Å². The van der Waals surface area contributed by atoms with Crippen LogP contribution in [-0.2, 0) is 22.7 Å². The predicted octanol–water partition coefficient (Wildman–Crippen LogP) is -1.31. The van der Waals surface area contributed by atoms with Crippen molar-refractivity contribution in [1.29, 1.82) is 0 Å². The minimum Gasteiger partial charge on any atom is -0.480 e. The lowest BCUT2D eigenvalue weighted by Crippen LogP contribution is -2.42. The zero-order valence-electron chi connectivity index (χ0n) is 11.6. The van der Waals surface area contributed by atoms with Gasteiger partial charge in [0.25, 0.3) is 0 Å². The average molecular weight is 298 g/mol. The van der Waals surface area contributed by atoms with Gasteiger partial charge in [-0.1, -0.05) is 12.1 Å². The van der Waals surface area contributed by atoms with Crippen LogP contribution in [0.25, 0.3) is 0 Å². The van der Waals surface area contributed by atoms with E-state index in [-0.39, 0.29) is 25.5 Å². The van der Waals surface area contributed by atoms with E-state index in [1.54, 1.807) is 0 Å². The Kier molecular flexibility index (Phi) is 6.65. The molecule has 0 aliphatic rings. The Morgan fingerprint density at radius 1 is 1.29 bits per heavy atom. The number of hydrogen-bond donors (Lipinski definition) is 4. The maximum Gasteiger partial charge on any atom is 0.325 e. The van der Waals surface area contributed by atoms with Crippen LogP contribution in [0.1, 0.15) is 19.0 Å². The van der Waals surface area contributed by atoms with Crippen molar-refractivity contribution in [1.82, 2.24) is 30.9 Å². The molecule has 1 aromatic heterocycles. The lowest BCUT2D eigenvalue weighted by atomic mass is 10.4. The Balaban J connectivity index is 2.25. The molecule has 1 aromatic rings. The van der Waals surface area contributed by atoms with Crippen LogP contribution in [0.15, 0.2) is 6.20 Å². The number of aliphatic carboxylic acids is 1. The molecule has 0 saturated carbocycles. The van der Waals surface area contributed by atoms with Crippen molar-refractivity contribution in [2.75, 3.05) is 13.1 Å².